The van der Waals surface area contributed by atoms with E-state index < -0.39 is 0 Å². The first-order valence-electron chi connectivity index (χ1n) is 4.65. The molecule has 0 saturated carbocycles. The Bertz CT molecular complexity index is 543. The molecule has 85 valence electrons. The smallest absolute Gasteiger partial charge is 0.158 e. The van der Waals surface area contributed by atoms with E-state index in [4.69, 9.17) is 40.2 Å². The third-order valence-electron chi connectivity index (χ3n) is 1.96. The topological polar surface area (TPSA) is 22.1 Å². The minimum absolute atomic E-state index is 0.208. The molecule has 5 heteroatoms. The van der Waals surface area contributed by atoms with Crippen LogP contribution in [-0.4, -0.2) is 10.4 Å². The highest BCUT2D eigenvalue weighted by Crippen LogP contribution is 2.29. The second kappa shape index (κ2) is 5.45. The lowest BCUT2D eigenvalue weighted by atomic mass is 10.2. The molecule has 0 spiro atoms. The lowest BCUT2D eigenvalue weighted by molar-refractivity contribution is 0.481. The second-order valence-corrected chi connectivity index (χ2v) is 4.14. The molecule has 2 nitrogen and oxygen atoms in total. The fourth-order valence-electron chi connectivity index (χ4n) is 1.16. The van der Waals surface area contributed by atoms with Crippen molar-refractivity contribution in [2.75, 3.05) is 0 Å². The van der Waals surface area contributed by atoms with Crippen LogP contribution >= 0.6 is 35.4 Å². The lowest BCUT2D eigenvalue weighted by Gasteiger charge is -2.07. The van der Waals surface area contributed by atoms with E-state index in [1.807, 2.05) is 12.1 Å². The second-order valence-electron chi connectivity index (χ2n) is 3.14. The predicted octanol–water partition coefficient (Wildman–Crippen LogP) is 4.33. The molecular formula is C12H6Cl2NOS. The molecule has 0 atom stereocenters. The summed E-state index contributed by atoms with van der Waals surface area (Å²) in [5.41, 5.74) is 0.940. The number of nitrogens with zero attached hydrogens (tertiary/aromatic N) is 1. The number of rotatable bonds is 3. The van der Waals surface area contributed by atoms with E-state index in [9.17, 15) is 0 Å². The molecule has 0 aliphatic heterocycles. The normalized spacial score (nSPS) is 10.0. The minimum Gasteiger partial charge on any atom is -0.455 e. The molecule has 1 radical (unpaired) electrons. The monoisotopic (exact) mass is 282 g/mol. The summed E-state index contributed by atoms with van der Waals surface area (Å²) in [5, 5.41) is 2.15. The first kappa shape index (κ1) is 12.3. The number of ether oxygens (including phenoxy) is 1. The van der Waals surface area contributed by atoms with Crippen molar-refractivity contribution in [1.82, 2.24) is 4.98 Å². The lowest BCUT2D eigenvalue weighted by Crippen LogP contribution is -1.88. The highest BCUT2D eigenvalue weighted by atomic mass is 35.5. The van der Waals surface area contributed by atoms with E-state index in [1.54, 1.807) is 17.5 Å². The summed E-state index contributed by atoms with van der Waals surface area (Å²) < 4.78 is 5.53. The van der Waals surface area contributed by atoms with Crippen molar-refractivity contribution in [3.8, 4) is 11.5 Å². The summed E-state index contributed by atoms with van der Waals surface area (Å²) in [7, 11) is 0. The van der Waals surface area contributed by atoms with Crippen molar-refractivity contribution in [2.24, 2.45) is 0 Å². The van der Waals surface area contributed by atoms with Crippen LogP contribution in [0.4, 0.5) is 0 Å². The zero-order chi connectivity index (χ0) is 12.3. The number of pyridine rings is 1. The summed E-state index contributed by atoms with van der Waals surface area (Å²) in [5.74, 6) is 0.979. The van der Waals surface area contributed by atoms with E-state index in [2.05, 4.69) is 11.1 Å². The Labute approximate surface area is 114 Å². The average molecular weight is 283 g/mol. The van der Waals surface area contributed by atoms with Gasteiger partial charge in [-0.3, -0.25) is 0 Å². The van der Waals surface area contributed by atoms with Crippen molar-refractivity contribution in [1.29, 1.82) is 0 Å². The molecule has 0 N–H and O–H groups in total. The molecule has 1 heterocycles. The van der Waals surface area contributed by atoms with Gasteiger partial charge < -0.3 is 4.74 Å². The van der Waals surface area contributed by atoms with Gasteiger partial charge in [0.1, 0.15) is 15.9 Å². The Balaban J connectivity index is 2.24. The van der Waals surface area contributed by atoms with Gasteiger partial charge in [-0.1, -0.05) is 47.6 Å². The van der Waals surface area contributed by atoms with Gasteiger partial charge in [-0.05, 0) is 17.7 Å². The third kappa shape index (κ3) is 3.16. The van der Waals surface area contributed by atoms with Crippen LogP contribution in [0.15, 0.2) is 30.5 Å². The molecule has 0 aliphatic carbocycles. The molecule has 1 aromatic heterocycles. The molecule has 0 unspecified atom stereocenters. The fraction of sp³-hybridized carbons (Fsp3) is 0. The molecule has 2 aromatic rings. The molecule has 1 aromatic carbocycles. The average Bonchev–Trinajstić information content (AvgIpc) is 2.35. The van der Waals surface area contributed by atoms with Crippen LogP contribution in [0.25, 0.3) is 0 Å². The van der Waals surface area contributed by atoms with Gasteiger partial charge in [0.05, 0.1) is 12.3 Å². The van der Waals surface area contributed by atoms with Crippen LogP contribution in [0.2, 0.25) is 10.2 Å². The molecule has 17 heavy (non-hydrogen) atoms. The quantitative estimate of drug-likeness (QED) is 0.618. The zero-order valence-corrected chi connectivity index (χ0v) is 10.8. The summed E-state index contributed by atoms with van der Waals surface area (Å²) in [6, 6.07) is 9.99. The Kier molecular flexibility index (Phi) is 3.94. The van der Waals surface area contributed by atoms with Gasteiger partial charge in [-0.15, -0.1) is 0 Å². The first-order chi connectivity index (χ1) is 8.19. The van der Waals surface area contributed by atoms with Gasteiger partial charge in [0.15, 0.2) is 5.75 Å². The Morgan fingerprint density at radius 3 is 2.59 bits per heavy atom. The Morgan fingerprint density at radius 2 is 1.94 bits per heavy atom. The zero-order valence-electron chi connectivity index (χ0n) is 8.48. The molecule has 0 amide bonds. The number of aromatic nitrogens is 1. The molecular weight excluding hydrogens is 277 g/mol. The highest BCUT2D eigenvalue weighted by Gasteiger charge is 2.05. The van der Waals surface area contributed by atoms with Crippen molar-refractivity contribution >= 4 is 40.8 Å². The molecule has 2 rings (SSSR count). The van der Waals surface area contributed by atoms with Gasteiger partial charge in [-0.25, -0.2) is 4.98 Å². The van der Waals surface area contributed by atoms with Crippen molar-refractivity contribution in [3.63, 3.8) is 0 Å². The maximum atomic E-state index is 5.90. The van der Waals surface area contributed by atoms with Crippen molar-refractivity contribution in [2.45, 2.75) is 0 Å². The van der Waals surface area contributed by atoms with Gasteiger partial charge in [-0.2, -0.15) is 0 Å². The third-order valence-corrected chi connectivity index (χ3v) is 2.69. The first-order valence-corrected chi connectivity index (χ1v) is 5.88. The SMILES string of the molecule is S=Cc1ccc(Oc2[c]c(Cl)ncc2Cl)cc1. The summed E-state index contributed by atoms with van der Waals surface area (Å²) in [6.45, 7) is 0. The van der Waals surface area contributed by atoms with Crippen LogP contribution in [0.5, 0.6) is 11.5 Å². The molecule has 0 bridgehead atoms. The highest BCUT2D eigenvalue weighted by molar-refractivity contribution is 7.79. The Hall–Kier alpha value is -1.16. The maximum absolute atomic E-state index is 5.90. The molecule has 0 saturated heterocycles. The van der Waals surface area contributed by atoms with Gasteiger partial charge >= 0.3 is 0 Å². The van der Waals surface area contributed by atoms with E-state index >= 15 is 0 Å². The largest absolute Gasteiger partial charge is 0.455 e. The summed E-state index contributed by atoms with van der Waals surface area (Å²) >= 11 is 16.4. The van der Waals surface area contributed by atoms with Crippen LogP contribution < -0.4 is 4.74 Å². The number of halogens is 2. The predicted molar refractivity (Wildman–Crippen MR) is 72.4 cm³/mol. The Morgan fingerprint density at radius 1 is 1.24 bits per heavy atom. The van der Waals surface area contributed by atoms with E-state index in [-0.39, 0.29) is 5.15 Å². The number of hydrogen-bond acceptors (Lipinski definition) is 3. The number of hydrogen-bond donors (Lipinski definition) is 0. The van der Waals surface area contributed by atoms with E-state index in [0.717, 1.165) is 5.56 Å². The summed E-state index contributed by atoms with van der Waals surface area (Å²) in [4.78, 5) is 3.79. The van der Waals surface area contributed by atoms with Gasteiger partial charge in [0.2, 0.25) is 0 Å². The van der Waals surface area contributed by atoms with Gasteiger partial charge in [0.25, 0.3) is 0 Å². The maximum Gasteiger partial charge on any atom is 0.158 e. The van der Waals surface area contributed by atoms with E-state index in [0.29, 0.717) is 16.5 Å². The molecule has 0 aliphatic rings. The standard InChI is InChI=1S/C12H6Cl2NOS/c13-10-6-15-12(14)5-11(10)16-9-3-1-8(7-17)2-4-9/h1-4,6-7H. The van der Waals surface area contributed by atoms with Crippen LogP contribution in [0.3, 0.4) is 0 Å². The van der Waals surface area contributed by atoms with Crippen molar-refractivity contribution < 1.29 is 4.74 Å². The fourth-order valence-corrected chi connectivity index (χ4v) is 1.59. The van der Waals surface area contributed by atoms with Crippen LogP contribution in [-0.2, 0) is 0 Å². The van der Waals surface area contributed by atoms with Crippen LogP contribution in [0, 0.1) is 6.07 Å². The van der Waals surface area contributed by atoms with Crippen molar-refractivity contribution in [3.05, 3.63) is 52.3 Å². The van der Waals surface area contributed by atoms with E-state index in [1.165, 1.54) is 6.20 Å². The van der Waals surface area contributed by atoms with Gasteiger partial charge in [0, 0.05) is 5.37 Å². The van der Waals surface area contributed by atoms with Crippen LogP contribution in [0.1, 0.15) is 5.56 Å². The molecule has 0 fully saturated rings. The minimum atomic E-state index is 0.208. The number of thiocarbonyl (C=S) groups is 1. The number of benzene rings is 1. The summed E-state index contributed by atoms with van der Waals surface area (Å²) in [6.07, 6.45) is 1.42.